The Hall–Kier alpha value is -3.34. The monoisotopic (exact) mass is 498 g/mol. The van der Waals surface area contributed by atoms with Crippen molar-refractivity contribution < 1.29 is 25.8 Å². The topological polar surface area (TPSA) is 93.2 Å². The minimum atomic E-state index is -4.44. The van der Waals surface area contributed by atoms with Crippen LogP contribution in [0.3, 0.4) is 0 Å². The molecule has 2 aliphatic heterocycles. The molecule has 2 atom stereocenters. The highest BCUT2D eigenvalue weighted by molar-refractivity contribution is 7.93. The first-order valence-electron chi connectivity index (χ1n) is 10.4. The highest BCUT2D eigenvalue weighted by atomic mass is 32.2. The molecular formula is C24H22N2O6S2. The van der Waals surface area contributed by atoms with E-state index in [1.807, 2.05) is 6.92 Å². The number of nitrogens with zero attached hydrogens (tertiary/aromatic N) is 2. The summed E-state index contributed by atoms with van der Waals surface area (Å²) in [6, 6.07) is 17.2. The number of aryl methyl sites for hydroxylation is 1. The summed E-state index contributed by atoms with van der Waals surface area (Å²) in [6.45, 7) is 5.69. The zero-order chi connectivity index (χ0) is 24.3. The van der Waals surface area contributed by atoms with Gasteiger partial charge < -0.3 is 8.92 Å². The van der Waals surface area contributed by atoms with Crippen molar-refractivity contribution in [3.8, 4) is 11.5 Å². The molecule has 2 heterocycles. The molecule has 0 saturated carbocycles. The molecule has 0 N–H and O–H groups in total. The van der Waals surface area contributed by atoms with Crippen LogP contribution < -0.4 is 13.2 Å². The first-order chi connectivity index (χ1) is 16.2. The number of methoxy groups -OCH3 is 1. The van der Waals surface area contributed by atoms with Crippen LogP contribution in [-0.2, 0) is 20.3 Å². The number of fused-ring (bicyclic) bond motifs is 4. The number of rotatable bonds is 4. The van der Waals surface area contributed by atoms with Gasteiger partial charge in [-0.25, -0.2) is 12.7 Å². The lowest BCUT2D eigenvalue weighted by Gasteiger charge is -2.48. The van der Waals surface area contributed by atoms with Crippen LogP contribution in [0.5, 0.6) is 11.5 Å². The van der Waals surface area contributed by atoms with Crippen LogP contribution in [0.15, 0.2) is 84.3 Å². The van der Waals surface area contributed by atoms with Crippen molar-refractivity contribution in [1.82, 2.24) is 4.31 Å². The Balaban J connectivity index is 1.87. The highest BCUT2D eigenvalue weighted by Crippen LogP contribution is 2.54. The summed E-state index contributed by atoms with van der Waals surface area (Å²) in [7, 11) is -7.26. The summed E-state index contributed by atoms with van der Waals surface area (Å²) in [5.41, 5.74) is 2.07. The molecule has 176 valence electrons. The van der Waals surface area contributed by atoms with E-state index >= 15 is 0 Å². The van der Waals surface area contributed by atoms with Gasteiger partial charge in [0.2, 0.25) is 0 Å². The largest absolute Gasteiger partial charge is 0.493 e. The third kappa shape index (κ3) is 3.21. The SMILES string of the molecule is C=C[C@@H]1c2ccccc2N(S(=O)(=O)c2ccc(C)cc2)[C@H]2c3cccc(OC)c3OS(=O)(=O)N12. The number of benzene rings is 3. The van der Waals surface area contributed by atoms with Crippen LogP contribution in [0, 0.1) is 6.92 Å². The maximum absolute atomic E-state index is 14.1. The summed E-state index contributed by atoms with van der Waals surface area (Å²) in [4.78, 5) is 0.0400. The van der Waals surface area contributed by atoms with E-state index < -0.39 is 32.5 Å². The van der Waals surface area contributed by atoms with Crippen LogP contribution in [0.2, 0.25) is 0 Å². The highest BCUT2D eigenvalue weighted by Gasteiger charge is 2.54. The first-order valence-corrected chi connectivity index (χ1v) is 13.2. The number of hydrogen-bond acceptors (Lipinski definition) is 6. The van der Waals surface area contributed by atoms with Gasteiger partial charge in [-0.15, -0.1) is 10.9 Å². The molecule has 0 fully saturated rings. The smallest absolute Gasteiger partial charge is 0.388 e. The summed E-state index contributed by atoms with van der Waals surface area (Å²) in [5, 5.41) is 0. The third-order valence-electron chi connectivity index (χ3n) is 5.99. The number of para-hydroxylation sites is 2. The second kappa shape index (κ2) is 7.86. The lowest BCUT2D eigenvalue weighted by atomic mass is 9.98. The summed E-state index contributed by atoms with van der Waals surface area (Å²) in [5.74, 6) is 0.139. The Morgan fingerprint density at radius 2 is 1.68 bits per heavy atom. The number of anilines is 1. The minimum absolute atomic E-state index is 0.0400. The molecule has 2 aliphatic rings. The van der Waals surface area contributed by atoms with E-state index in [-0.39, 0.29) is 16.4 Å². The van der Waals surface area contributed by atoms with Gasteiger partial charge in [-0.05, 0) is 36.8 Å². The van der Waals surface area contributed by atoms with Crippen molar-refractivity contribution in [2.24, 2.45) is 0 Å². The van der Waals surface area contributed by atoms with Gasteiger partial charge >= 0.3 is 10.3 Å². The third-order valence-corrected chi connectivity index (χ3v) is 9.09. The quantitative estimate of drug-likeness (QED) is 0.504. The van der Waals surface area contributed by atoms with Crippen LogP contribution in [-0.4, -0.2) is 28.3 Å². The number of hydrogen-bond donors (Lipinski definition) is 0. The molecule has 34 heavy (non-hydrogen) atoms. The summed E-state index contributed by atoms with van der Waals surface area (Å²) >= 11 is 0. The Morgan fingerprint density at radius 1 is 1.00 bits per heavy atom. The Labute approximate surface area is 199 Å². The fourth-order valence-electron chi connectivity index (χ4n) is 4.44. The molecule has 0 aromatic heterocycles. The molecule has 0 unspecified atom stereocenters. The van der Waals surface area contributed by atoms with Crippen molar-refractivity contribution in [3.05, 3.63) is 96.1 Å². The normalized spacial score (nSPS) is 20.9. The molecule has 5 rings (SSSR count). The molecule has 0 radical (unpaired) electrons. The second-order valence-corrected chi connectivity index (χ2v) is 11.2. The van der Waals surface area contributed by atoms with Gasteiger partial charge in [0.1, 0.15) is 6.17 Å². The lowest BCUT2D eigenvalue weighted by molar-refractivity contribution is 0.228. The zero-order valence-electron chi connectivity index (χ0n) is 18.5. The number of sulfonamides is 1. The molecule has 0 saturated heterocycles. The average molecular weight is 499 g/mol. The van der Waals surface area contributed by atoms with Crippen LogP contribution >= 0.6 is 0 Å². The fourth-order valence-corrected chi connectivity index (χ4v) is 7.51. The van der Waals surface area contributed by atoms with E-state index in [1.165, 1.54) is 25.3 Å². The van der Waals surface area contributed by atoms with E-state index in [0.717, 1.165) is 14.2 Å². The average Bonchev–Trinajstić information content (AvgIpc) is 2.82. The minimum Gasteiger partial charge on any atom is -0.493 e. The molecule has 0 amide bonds. The van der Waals surface area contributed by atoms with E-state index in [2.05, 4.69) is 6.58 Å². The molecule has 10 heteroatoms. The van der Waals surface area contributed by atoms with Crippen molar-refractivity contribution in [3.63, 3.8) is 0 Å². The zero-order valence-corrected chi connectivity index (χ0v) is 20.1. The molecule has 0 spiro atoms. The van der Waals surface area contributed by atoms with E-state index in [1.54, 1.807) is 54.6 Å². The molecule has 8 nitrogen and oxygen atoms in total. The van der Waals surface area contributed by atoms with Gasteiger partial charge in [-0.3, -0.25) is 0 Å². The van der Waals surface area contributed by atoms with Crippen molar-refractivity contribution in [2.75, 3.05) is 11.4 Å². The first kappa shape index (κ1) is 22.5. The van der Waals surface area contributed by atoms with Gasteiger partial charge in [0, 0.05) is 5.56 Å². The molecule has 3 aromatic carbocycles. The predicted octanol–water partition coefficient (Wildman–Crippen LogP) is 4.08. The van der Waals surface area contributed by atoms with E-state index in [4.69, 9.17) is 8.92 Å². The Kier molecular flexibility index (Phi) is 5.19. The van der Waals surface area contributed by atoms with E-state index in [0.29, 0.717) is 16.8 Å². The van der Waals surface area contributed by atoms with Crippen LogP contribution in [0.4, 0.5) is 5.69 Å². The lowest BCUT2D eigenvalue weighted by Crippen LogP contribution is -2.55. The van der Waals surface area contributed by atoms with Crippen LogP contribution in [0.25, 0.3) is 0 Å². The van der Waals surface area contributed by atoms with Crippen molar-refractivity contribution in [1.29, 1.82) is 0 Å². The summed E-state index contributed by atoms with van der Waals surface area (Å²) < 4.78 is 68.1. The van der Waals surface area contributed by atoms with Gasteiger partial charge in [0.15, 0.2) is 11.5 Å². The molecule has 0 aliphatic carbocycles. The van der Waals surface area contributed by atoms with Crippen molar-refractivity contribution >= 4 is 26.0 Å². The predicted molar refractivity (Wildman–Crippen MR) is 127 cm³/mol. The van der Waals surface area contributed by atoms with Crippen LogP contribution in [0.1, 0.15) is 28.9 Å². The van der Waals surface area contributed by atoms with Gasteiger partial charge in [0.25, 0.3) is 10.0 Å². The Morgan fingerprint density at radius 3 is 2.35 bits per heavy atom. The van der Waals surface area contributed by atoms with Gasteiger partial charge in [-0.1, -0.05) is 54.1 Å². The van der Waals surface area contributed by atoms with Crippen molar-refractivity contribution in [2.45, 2.75) is 24.0 Å². The fraction of sp³-hybridized carbons (Fsp3) is 0.167. The number of ether oxygens (including phenoxy) is 1. The maximum atomic E-state index is 14.1. The molecular weight excluding hydrogens is 476 g/mol. The molecule has 0 bridgehead atoms. The maximum Gasteiger partial charge on any atom is 0.388 e. The van der Waals surface area contributed by atoms with Gasteiger partial charge in [-0.2, -0.15) is 8.42 Å². The standard InChI is InChI=1S/C24H22N2O6S2/c1-4-20-18-8-5-6-10-21(18)25(33(27,28)17-14-12-16(2)13-15-17)24-19-9-7-11-22(31-3)23(19)32-34(29,30)26(20)24/h4-15,20,24H,1H2,2-3H3/t20-,24-/m1/s1. The molecule has 3 aromatic rings. The van der Waals surface area contributed by atoms with Gasteiger partial charge in [0.05, 0.1) is 23.7 Å². The second-order valence-electron chi connectivity index (χ2n) is 7.98. The van der Waals surface area contributed by atoms with E-state index in [9.17, 15) is 16.8 Å². The Bertz CT molecular complexity index is 1500. The summed E-state index contributed by atoms with van der Waals surface area (Å²) in [6.07, 6.45) is 0.210.